The van der Waals surface area contributed by atoms with Gasteiger partial charge in [-0.3, -0.25) is 14.3 Å². The molecule has 0 spiro atoms. The highest BCUT2D eigenvalue weighted by molar-refractivity contribution is 6.32. The lowest BCUT2D eigenvalue weighted by molar-refractivity contribution is 0.0459. The van der Waals surface area contributed by atoms with Crippen LogP contribution in [0, 0.1) is 0 Å². The number of benzene rings is 1. The molecule has 31 heavy (non-hydrogen) atoms. The van der Waals surface area contributed by atoms with Gasteiger partial charge in [0.05, 0.1) is 24.8 Å². The summed E-state index contributed by atoms with van der Waals surface area (Å²) < 4.78 is 18.6. The summed E-state index contributed by atoms with van der Waals surface area (Å²) in [5, 5.41) is 0.197. The Balaban J connectivity index is 1.91. The SMILES string of the molecule is CCCCn1c(=O)[nH]c(=O)c2c1nc(COC(=O)c1cc(Cl)c(OC)c(OC)c1)n2C. The van der Waals surface area contributed by atoms with Gasteiger partial charge < -0.3 is 18.8 Å². The van der Waals surface area contributed by atoms with E-state index >= 15 is 0 Å². The molecule has 0 bridgehead atoms. The Morgan fingerprint density at radius 3 is 2.61 bits per heavy atom. The Morgan fingerprint density at radius 2 is 1.97 bits per heavy atom. The summed E-state index contributed by atoms with van der Waals surface area (Å²) in [6.07, 6.45) is 1.63. The molecule has 1 aromatic carbocycles. The van der Waals surface area contributed by atoms with Gasteiger partial charge in [0.25, 0.3) is 5.56 Å². The third-order valence-corrected chi connectivity index (χ3v) is 5.12. The number of nitrogens with zero attached hydrogens (tertiary/aromatic N) is 3. The highest BCUT2D eigenvalue weighted by Crippen LogP contribution is 2.36. The number of carbonyl (C=O) groups excluding carboxylic acids is 1. The van der Waals surface area contributed by atoms with Gasteiger partial charge >= 0.3 is 11.7 Å². The molecule has 0 atom stereocenters. The van der Waals surface area contributed by atoms with Crippen LogP contribution in [0.15, 0.2) is 21.7 Å². The summed E-state index contributed by atoms with van der Waals surface area (Å²) in [6, 6.07) is 2.86. The van der Waals surface area contributed by atoms with Crippen molar-refractivity contribution in [2.45, 2.75) is 32.9 Å². The lowest BCUT2D eigenvalue weighted by Gasteiger charge is -2.11. The average Bonchev–Trinajstić information content (AvgIpc) is 3.07. The van der Waals surface area contributed by atoms with Gasteiger partial charge in [-0.25, -0.2) is 14.6 Å². The molecule has 10 nitrogen and oxygen atoms in total. The molecule has 0 amide bonds. The zero-order chi connectivity index (χ0) is 22.7. The smallest absolute Gasteiger partial charge is 0.338 e. The number of esters is 1. The first-order valence-corrected chi connectivity index (χ1v) is 9.97. The molecule has 0 saturated heterocycles. The van der Waals surface area contributed by atoms with Gasteiger partial charge in [-0.15, -0.1) is 0 Å². The number of aromatic nitrogens is 4. The largest absolute Gasteiger partial charge is 0.493 e. The van der Waals surface area contributed by atoms with E-state index in [0.717, 1.165) is 12.8 Å². The predicted octanol–water partition coefficient (Wildman–Crippen LogP) is 2.25. The average molecular weight is 451 g/mol. The van der Waals surface area contributed by atoms with Crippen molar-refractivity contribution >= 4 is 28.7 Å². The van der Waals surface area contributed by atoms with Crippen molar-refractivity contribution in [1.29, 1.82) is 0 Å². The summed E-state index contributed by atoms with van der Waals surface area (Å²) in [4.78, 5) is 43.8. The summed E-state index contributed by atoms with van der Waals surface area (Å²) >= 11 is 6.14. The number of carbonyl (C=O) groups is 1. The van der Waals surface area contributed by atoms with Gasteiger partial charge in [-0.05, 0) is 18.6 Å². The number of rotatable bonds is 8. The molecule has 0 aliphatic carbocycles. The maximum absolute atomic E-state index is 12.6. The van der Waals surface area contributed by atoms with E-state index in [-0.39, 0.29) is 34.1 Å². The number of halogens is 1. The second-order valence-electron chi connectivity index (χ2n) is 6.79. The summed E-state index contributed by atoms with van der Waals surface area (Å²) in [6.45, 7) is 2.21. The number of imidazole rings is 1. The number of unbranched alkanes of at least 4 members (excludes halogenated alkanes) is 1. The Hall–Kier alpha value is -3.27. The van der Waals surface area contributed by atoms with Gasteiger partial charge in [0.2, 0.25) is 0 Å². The molecule has 0 aliphatic rings. The van der Waals surface area contributed by atoms with E-state index in [1.807, 2.05) is 6.92 Å². The van der Waals surface area contributed by atoms with E-state index in [1.54, 1.807) is 7.05 Å². The molecule has 0 unspecified atom stereocenters. The Morgan fingerprint density at radius 1 is 1.23 bits per heavy atom. The zero-order valence-corrected chi connectivity index (χ0v) is 18.4. The number of aromatic amines is 1. The summed E-state index contributed by atoms with van der Waals surface area (Å²) in [7, 11) is 4.49. The summed E-state index contributed by atoms with van der Waals surface area (Å²) in [5.74, 6) is 0.250. The topological polar surface area (TPSA) is 117 Å². The molecular formula is C20H23ClN4O6. The van der Waals surface area contributed by atoms with Crippen LogP contribution in [0.5, 0.6) is 11.5 Å². The Bertz CT molecular complexity index is 1240. The first kappa shape index (κ1) is 22.4. The molecule has 166 valence electrons. The highest BCUT2D eigenvalue weighted by atomic mass is 35.5. The van der Waals surface area contributed by atoms with E-state index in [2.05, 4.69) is 9.97 Å². The van der Waals surface area contributed by atoms with Crippen LogP contribution in [0.4, 0.5) is 0 Å². The van der Waals surface area contributed by atoms with Crippen molar-refractivity contribution in [2.75, 3.05) is 14.2 Å². The third kappa shape index (κ3) is 4.29. The molecule has 1 N–H and O–H groups in total. The molecule has 0 fully saturated rings. The lowest BCUT2D eigenvalue weighted by atomic mass is 10.2. The minimum Gasteiger partial charge on any atom is -0.493 e. The van der Waals surface area contributed by atoms with Crippen LogP contribution in [-0.2, 0) is 24.9 Å². The fraction of sp³-hybridized carbons (Fsp3) is 0.400. The van der Waals surface area contributed by atoms with Crippen LogP contribution < -0.4 is 20.7 Å². The molecule has 2 aromatic heterocycles. The quantitative estimate of drug-likeness (QED) is 0.523. The van der Waals surface area contributed by atoms with Gasteiger partial charge in [0, 0.05) is 13.6 Å². The number of aryl methyl sites for hydroxylation is 2. The Kier molecular flexibility index (Phi) is 6.69. The van der Waals surface area contributed by atoms with Crippen LogP contribution in [0.3, 0.4) is 0 Å². The number of hydrogen-bond acceptors (Lipinski definition) is 7. The molecular weight excluding hydrogens is 428 g/mol. The third-order valence-electron chi connectivity index (χ3n) is 4.84. The number of methoxy groups -OCH3 is 2. The minimum atomic E-state index is -0.660. The van der Waals surface area contributed by atoms with E-state index in [4.69, 9.17) is 25.8 Å². The number of nitrogens with one attached hydrogen (secondary N) is 1. The van der Waals surface area contributed by atoms with Gasteiger partial charge in [-0.2, -0.15) is 0 Å². The Labute approximate surface area is 182 Å². The molecule has 11 heteroatoms. The second-order valence-corrected chi connectivity index (χ2v) is 7.20. The fourth-order valence-electron chi connectivity index (χ4n) is 3.19. The van der Waals surface area contributed by atoms with E-state index in [0.29, 0.717) is 18.1 Å². The van der Waals surface area contributed by atoms with Crippen LogP contribution in [0.2, 0.25) is 5.02 Å². The molecule has 3 aromatic rings. The maximum Gasteiger partial charge on any atom is 0.338 e. The van der Waals surface area contributed by atoms with E-state index in [9.17, 15) is 14.4 Å². The van der Waals surface area contributed by atoms with Gasteiger partial charge in [0.1, 0.15) is 12.4 Å². The van der Waals surface area contributed by atoms with Crippen molar-refractivity contribution < 1.29 is 19.0 Å². The van der Waals surface area contributed by atoms with Crippen molar-refractivity contribution in [3.63, 3.8) is 0 Å². The first-order chi connectivity index (χ1) is 14.8. The van der Waals surface area contributed by atoms with E-state index < -0.39 is 17.2 Å². The number of hydrogen-bond donors (Lipinski definition) is 1. The molecule has 0 radical (unpaired) electrons. The second kappa shape index (κ2) is 9.25. The molecule has 2 heterocycles. The molecule has 0 saturated carbocycles. The predicted molar refractivity (Wildman–Crippen MR) is 114 cm³/mol. The van der Waals surface area contributed by atoms with Crippen molar-refractivity contribution in [3.8, 4) is 11.5 Å². The van der Waals surface area contributed by atoms with Crippen LogP contribution in [-0.4, -0.2) is 39.3 Å². The maximum atomic E-state index is 12.6. The van der Waals surface area contributed by atoms with Gasteiger partial charge in [-0.1, -0.05) is 24.9 Å². The van der Waals surface area contributed by atoms with Crippen molar-refractivity contribution in [3.05, 3.63) is 49.4 Å². The molecule has 0 aliphatic heterocycles. The van der Waals surface area contributed by atoms with Crippen molar-refractivity contribution in [1.82, 2.24) is 19.1 Å². The van der Waals surface area contributed by atoms with Crippen LogP contribution >= 0.6 is 11.6 Å². The number of fused-ring (bicyclic) bond motifs is 1. The normalized spacial score (nSPS) is 11.0. The highest BCUT2D eigenvalue weighted by Gasteiger charge is 2.20. The first-order valence-electron chi connectivity index (χ1n) is 9.59. The molecule has 3 rings (SSSR count). The van der Waals surface area contributed by atoms with Gasteiger partial charge in [0.15, 0.2) is 22.7 Å². The minimum absolute atomic E-state index is 0.166. The van der Waals surface area contributed by atoms with Crippen molar-refractivity contribution in [2.24, 2.45) is 7.05 Å². The number of H-pyrrole nitrogens is 1. The number of ether oxygens (including phenoxy) is 3. The van der Waals surface area contributed by atoms with Crippen LogP contribution in [0.25, 0.3) is 11.2 Å². The monoisotopic (exact) mass is 450 g/mol. The standard InChI is InChI=1S/C20H23ClN4O6/c1-5-6-7-25-17-15(18(26)23-20(25)28)24(2)14(22-17)10-31-19(27)11-8-12(21)16(30-4)13(9-11)29-3/h8-9H,5-7,10H2,1-4H3,(H,23,26,28). The summed E-state index contributed by atoms with van der Waals surface area (Å²) in [5.41, 5.74) is -0.417. The lowest BCUT2D eigenvalue weighted by Crippen LogP contribution is -2.31. The zero-order valence-electron chi connectivity index (χ0n) is 17.7. The fourth-order valence-corrected chi connectivity index (χ4v) is 3.48. The van der Waals surface area contributed by atoms with Crippen LogP contribution in [0.1, 0.15) is 35.9 Å². The van der Waals surface area contributed by atoms with E-state index in [1.165, 1.54) is 35.5 Å².